The monoisotopic (exact) mass is 345 g/mol. The minimum atomic E-state index is -0.117. The summed E-state index contributed by atoms with van der Waals surface area (Å²) in [6.45, 7) is 5.77. The van der Waals surface area contributed by atoms with Gasteiger partial charge < -0.3 is 15.4 Å². The first-order valence-corrected chi connectivity index (χ1v) is 9.52. The van der Waals surface area contributed by atoms with Crippen molar-refractivity contribution in [1.82, 2.24) is 10.2 Å². The second-order valence-electron chi connectivity index (χ2n) is 7.83. The van der Waals surface area contributed by atoms with Crippen LogP contribution in [0, 0.1) is 5.92 Å². The zero-order valence-electron chi connectivity index (χ0n) is 15.6. The molecule has 0 saturated carbocycles. The van der Waals surface area contributed by atoms with E-state index in [1.807, 2.05) is 24.3 Å². The Bertz CT molecular complexity index is 576. The van der Waals surface area contributed by atoms with Crippen LogP contribution in [0.3, 0.4) is 0 Å². The number of benzene rings is 1. The molecule has 2 bridgehead atoms. The highest BCUT2D eigenvalue weighted by Crippen LogP contribution is 2.34. The SMILES string of the molecule is COc1cccc(NC(=O)NC2CC3CCCC(C2)N3CC(C)C)c1. The lowest BCUT2D eigenvalue weighted by Crippen LogP contribution is -2.58. The van der Waals surface area contributed by atoms with E-state index >= 15 is 0 Å². The number of nitrogens with one attached hydrogen (secondary N) is 2. The van der Waals surface area contributed by atoms with Gasteiger partial charge in [0.25, 0.3) is 0 Å². The van der Waals surface area contributed by atoms with Crippen LogP contribution in [-0.2, 0) is 0 Å². The fraction of sp³-hybridized carbons (Fsp3) is 0.650. The smallest absolute Gasteiger partial charge is 0.319 e. The molecule has 2 aliphatic heterocycles. The Labute approximate surface area is 151 Å². The molecule has 0 radical (unpaired) electrons. The molecular formula is C20H31N3O2. The van der Waals surface area contributed by atoms with Gasteiger partial charge in [0.2, 0.25) is 0 Å². The number of piperidine rings is 2. The van der Waals surface area contributed by atoms with Crippen LogP contribution in [-0.4, -0.2) is 42.7 Å². The summed E-state index contributed by atoms with van der Waals surface area (Å²) in [5, 5.41) is 6.12. The van der Waals surface area contributed by atoms with Crippen molar-refractivity contribution >= 4 is 11.7 Å². The van der Waals surface area contributed by atoms with Crippen LogP contribution in [0.2, 0.25) is 0 Å². The summed E-state index contributed by atoms with van der Waals surface area (Å²) in [6, 6.07) is 8.85. The van der Waals surface area contributed by atoms with Crippen LogP contribution in [0.5, 0.6) is 5.75 Å². The number of carbonyl (C=O) groups excluding carboxylic acids is 1. The molecule has 25 heavy (non-hydrogen) atoms. The molecule has 2 unspecified atom stereocenters. The molecule has 2 saturated heterocycles. The van der Waals surface area contributed by atoms with Crippen molar-refractivity contribution < 1.29 is 9.53 Å². The number of amides is 2. The van der Waals surface area contributed by atoms with E-state index in [0.717, 1.165) is 24.3 Å². The van der Waals surface area contributed by atoms with Crippen molar-refractivity contribution in [1.29, 1.82) is 0 Å². The van der Waals surface area contributed by atoms with Crippen LogP contribution in [0.25, 0.3) is 0 Å². The largest absolute Gasteiger partial charge is 0.497 e. The summed E-state index contributed by atoms with van der Waals surface area (Å²) in [5.74, 6) is 1.44. The zero-order valence-corrected chi connectivity index (χ0v) is 15.6. The van der Waals surface area contributed by atoms with Crippen LogP contribution >= 0.6 is 0 Å². The molecule has 0 spiro atoms. The fourth-order valence-electron chi connectivity index (χ4n) is 4.37. The quantitative estimate of drug-likeness (QED) is 0.852. The highest BCUT2D eigenvalue weighted by molar-refractivity contribution is 5.89. The lowest BCUT2D eigenvalue weighted by Gasteiger charge is -2.49. The lowest BCUT2D eigenvalue weighted by atomic mass is 9.81. The Kier molecular flexibility index (Phi) is 5.84. The van der Waals surface area contributed by atoms with Crippen molar-refractivity contribution in [2.45, 2.75) is 64.1 Å². The third-order valence-electron chi connectivity index (χ3n) is 5.36. The number of rotatable bonds is 5. The number of hydrogen-bond donors (Lipinski definition) is 2. The summed E-state index contributed by atoms with van der Waals surface area (Å²) in [4.78, 5) is 15.1. The van der Waals surface area contributed by atoms with Crippen LogP contribution in [0.1, 0.15) is 46.0 Å². The van der Waals surface area contributed by atoms with Gasteiger partial charge in [-0.2, -0.15) is 0 Å². The van der Waals surface area contributed by atoms with Crippen LogP contribution < -0.4 is 15.4 Å². The van der Waals surface area contributed by atoms with E-state index < -0.39 is 0 Å². The lowest BCUT2D eigenvalue weighted by molar-refractivity contribution is 0.0180. The molecule has 2 heterocycles. The average molecular weight is 345 g/mol. The van der Waals surface area contributed by atoms with E-state index in [-0.39, 0.29) is 12.1 Å². The van der Waals surface area contributed by atoms with E-state index in [2.05, 4.69) is 29.4 Å². The maximum Gasteiger partial charge on any atom is 0.319 e. The number of fused-ring (bicyclic) bond motifs is 2. The predicted molar refractivity (Wildman–Crippen MR) is 101 cm³/mol. The molecule has 2 amide bonds. The first kappa shape index (κ1) is 18.1. The second kappa shape index (κ2) is 8.09. The minimum Gasteiger partial charge on any atom is -0.497 e. The molecule has 5 heteroatoms. The number of nitrogens with zero attached hydrogens (tertiary/aromatic N) is 1. The topological polar surface area (TPSA) is 53.6 Å². The zero-order chi connectivity index (χ0) is 17.8. The van der Waals surface area contributed by atoms with Crippen molar-refractivity contribution in [3.8, 4) is 5.75 Å². The Morgan fingerprint density at radius 2 is 2.00 bits per heavy atom. The van der Waals surface area contributed by atoms with E-state index in [4.69, 9.17) is 4.74 Å². The number of anilines is 1. The van der Waals surface area contributed by atoms with Crippen molar-refractivity contribution in [3.63, 3.8) is 0 Å². The first-order valence-electron chi connectivity index (χ1n) is 9.52. The third kappa shape index (κ3) is 4.66. The maximum atomic E-state index is 12.4. The first-order chi connectivity index (χ1) is 12.0. The van der Waals surface area contributed by atoms with Gasteiger partial charge in [0.05, 0.1) is 7.11 Å². The van der Waals surface area contributed by atoms with Gasteiger partial charge in [-0.1, -0.05) is 26.3 Å². The Morgan fingerprint density at radius 1 is 1.28 bits per heavy atom. The molecular weight excluding hydrogens is 314 g/mol. The van der Waals surface area contributed by atoms with Crippen LogP contribution in [0.15, 0.2) is 24.3 Å². The normalized spacial score (nSPS) is 26.3. The molecule has 2 fully saturated rings. The highest BCUT2D eigenvalue weighted by atomic mass is 16.5. The van der Waals surface area contributed by atoms with Gasteiger partial charge in [0.15, 0.2) is 0 Å². The Balaban J connectivity index is 1.56. The predicted octanol–water partition coefficient (Wildman–Crippen LogP) is 3.86. The maximum absolute atomic E-state index is 12.4. The summed E-state index contributed by atoms with van der Waals surface area (Å²) in [7, 11) is 1.63. The fourth-order valence-corrected chi connectivity index (χ4v) is 4.37. The van der Waals surface area contributed by atoms with Gasteiger partial charge in [-0.25, -0.2) is 4.79 Å². The Hall–Kier alpha value is -1.75. The molecule has 1 aromatic carbocycles. The highest BCUT2D eigenvalue weighted by Gasteiger charge is 2.38. The minimum absolute atomic E-state index is 0.117. The van der Waals surface area contributed by atoms with E-state index in [0.29, 0.717) is 18.0 Å². The molecule has 3 rings (SSSR count). The van der Waals surface area contributed by atoms with Gasteiger partial charge in [-0.05, 0) is 43.7 Å². The third-order valence-corrected chi connectivity index (χ3v) is 5.36. The summed E-state index contributed by atoms with van der Waals surface area (Å²) >= 11 is 0. The molecule has 5 nitrogen and oxygen atoms in total. The average Bonchev–Trinajstić information content (AvgIpc) is 2.55. The van der Waals surface area contributed by atoms with Gasteiger partial charge in [0.1, 0.15) is 5.75 Å². The van der Waals surface area contributed by atoms with E-state index in [9.17, 15) is 4.79 Å². The van der Waals surface area contributed by atoms with Crippen molar-refractivity contribution in [2.75, 3.05) is 19.0 Å². The van der Waals surface area contributed by atoms with Gasteiger partial charge in [-0.3, -0.25) is 4.90 Å². The van der Waals surface area contributed by atoms with Crippen molar-refractivity contribution in [2.24, 2.45) is 5.92 Å². The molecule has 0 aromatic heterocycles. The van der Waals surface area contributed by atoms with E-state index in [1.165, 1.54) is 25.8 Å². The van der Waals surface area contributed by atoms with Gasteiger partial charge in [-0.15, -0.1) is 0 Å². The number of hydrogen-bond acceptors (Lipinski definition) is 3. The summed E-state index contributed by atoms with van der Waals surface area (Å²) in [6.07, 6.45) is 5.98. The number of urea groups is 1. The summed E-state index contributed by atoms with van der Waals surface area (Å²) < 4.78 is 5.20. The molecule has 2 aliphatic rings. The van der Waals surface area contributed by atoms with Gasteiger partial charge in [0, 0.05) is 36.4 Å². The standard InChI is InChI=1S/C20H31N3O2/c1-14(2)13-23-17-7-5-8-18(23)11-16(10-17)22-20(24)21-15-6-4-9-19(12-15)25-3/h4,6,9,12,14,16-18H,5,7-8,10-11,13H2,1-3H3,(H2,21,22,24). The Morgan fingerprint density at radius 3 is 2.64 bits per heavy atom. The van der Waals surface area contributed by atoms with E-state index in [1.54, 1.807) is 7.11 Å². The number of carbonyl (C=O) groups is 1. The molecule has 138 valence electrons. The summed E-state index contributed by atoms with van der Waals surface area (Å²) in [5.41, 5.74) is 0.759. The van der Waals surface area contributed by atoms with Crippen LogP contribution in [0.4, 0.5) is 10.5 Å². The number of ether oxygens (including phenoxy) is 1. The number of methoxy groups -OCH3 is 1. The molecule has 2 atom stereocenters. The second-order valence-corrected chi connectivity index (χ2v) is 7.83. The molecule has 1 aromatic rings. The molecule has 0 aliphatic carbocycles. The van der Waals surface area contributed by atoms with Crippen molar-refractivity contribution in [3.05, 3.63) is 24.3 Å². The molecule has 2 N–H and O–H groups in total. The van der Waals surface area contributed by atoms with Gasteiger partial charge >= 0.3 is 6.03 Å².